The van der Waals surface area contributed by atoms with E-state index in [1.165, 1.54) is 11.1 Å². The molecule has 0 aromatic heterocycles. The van der Waals surface area contributed by atoms with Gasteiger partial charge in [-0.15, -0.1) is 0 Å². The number of rotatable bonds is 7. The maximum Gasteiger partial charge on any atom is 0.236 e. The van der Waals surface area contributed by atoms with Crippen LogP contribution in [-0.4, -0.2) is 90.3 Å². The Hall–Kier alpha value is -1.92. The highest BCUT2D eigenvalue weighted by atomic mass is 16.2. The molecule has 2 heterocycles. The van der Waals surface area contributed by atoms with Gasteiger partial charge in [-0.25, -0.2) is 0 Å². The second-order valence-corrected chi connectivity index (χ2v) is 8.64. The lowest BCUT2D eigenvalue weighted by Crippen LogP contribution is -2.52. The number of aryl methyl sites for hydroxylation is 1. The zero-order valence-electron chi connectivity index (χ0n) is 19.0. The van der Waals surface area contributed by atoms with Crippen molar-refractivity contribution in [3.8, 4) is 0 Å². The number of nitrogens with zero attached hydrogens (tertiary/aromatic N) is 4. The van der Waals surface area contributed by atoms with E-state index in [2.05, 4.69) is 41.0 Å². The molecule has 166 valence electrons. The van der Waals surface area contributed by atoms with E-state index in [1.54, 1.807) is 0 Å². The van der Waals surface area contributed by atoms with Crippen molar-refractivity contribution in [1.29, 1.82) is 0 Å². The van der Waals surface area contributed by atoms with Crippen LogP contribution in [0.25, 0.3) is 0 Å². The van der Waals surface area contributed by atoms with Gasteiger partial charge in [0.05, 0.1) is 6.54 Å². The van der Waals surface area contributed by atoms with Crippen molar-refractivity contribution in [1.82, 2.24) is 19.6 Å². The van der Waals surface area contributed by atoms with Crippen LogP contribution in [0.2, 0.25) is 0 Å². The molecule has 2 aliphatic heterocycles. The molecule has 0 unspecified atom stereocenters. The molecule has 6 heteroatoms. The van der Waals surface area contributed by atoms with Crippen molar-refractivity contribution in [2.45, 2.75) is 40.2 Å². The van der Waals surface area contributed by atoms with Gasteiger partial charge in [-0.2, -0.15) is 0 Å². The number of piperazine rings is 1. The topological polar surface area (TPSA) is 47.1 Å². The molecule has 0 spiro atoms. The van der Waals surface area contributed by atoms with E-state index in [-0.39, 0.29) is 17.7 Å². The molecule has 0 aliphatic carbocycles. The summed E-state index contributed by atoms with van der Waals surface area (Å²) in [6, 6.07) is 8.54. The van der Waals surface area contributed by atoms with Crippen LogP contribution in [0, 0.1) is 12.8 Å². The number of likely N-dealkylation sites (tertiary alicyclic amines) is 1. The first-order valence-corrected chi connectivity index (χ1v) is 11.6. The fraction of sp³-hybridized carbons (Fsp3) is 0.667. The zero-order chi connectivity index (χ0) is 21.5. The Morgan fingerprint density at radius 1 is 0.933 bits per heavy atom. The molecule has 2 saturated heterocycles. The Balaban J connectivity index is 1.39. The molecule has 0 saturated carbocycles. The van der Waals surface area contributed by atoms with Crippen molar-refractivity contribution in [2.75, 3.05) is 58.9 Å². The van der Waals surface area contributed by atoms with Crippen LogP contribution in [0.15, 0.2) is 24.3 Å². The molecule has 0 atom stereocenters. The molecular formula is C24H38N4O2. The summed E-state index contributed by atoms with van der Waals surface area (Å²) in [5, 5.41) is 0. The van der Waals surface area contributed by atoms with Gasteiger partial charge in [-0.1, -0.05) is 24.3 Å². The standard InChI is InChI=1S/C24H38N4O2/c1-4-27(5-2)24(30)21-10-12-25(13-11-21)19-23(29)28-16-14-26(15-17-28)18-22-9-7-6-8-20(22)3/h6-9,21H,4-5,10-19H2,1-3H3. The summed E-state index contributed by atoms with van der Waals surface area (Å²) in [5.74, 6) is 0.649. The monoisotopic (exact) mass is 414 g/mol. The van der Waals surface area contributed by atoms with Crippen molar-refractivity contribution in [3.05, 3.63) is 35.4 Å². The highest BCUT2D eigenvalue weighted by molar-refractivity contribution is 5.79. The summed E-state index contributed by atoms with van der Waals surface area (Å²) in [7, 11) is 0. The Labute approximate surface area is 181 Å². The first kappa shape index (κ1) is 22.8. The largest absolute Gasteiger partial charge is 0.343 e. The van der Waals surface area contributed by atoms with E-state index in [1.807, 2.05) is 23.6 Å². The number of carbonyl (C=O) groups is 2. The molecular weight excluding hydrogens is 376 g/mol. The molecule has 1 aromatic carbocycles. The predicted octanol–water partition coefficient (Wildman–Crippen LogP) is 2.22. The number of amides is 2. The van der Waals surface area contributed by atoms with Gasteiger partial charge in [0, 0.05) is 51.7 Å². The van der Waals surface area contributed by atoms with E-state index in [0.717, 1.165) is 71.7 Å². The molecule has 3 rings (SSSR count). The second kappa shape index (κ2) is 10.9. The van der Waals surface area contributed by atoms with Gasteiger partial charge in [0.25, 0.3) is 0 Å². The minimum atomic E-state index is 0.126. The van der Waals surface area contributed by atoms with E-state index < -0.39 is 0 Å². The first-order valence-electron chi connectivity index (χ1n) is 11.6. The highest BCUT2D eigenvalue weighted by Gasteiger charge is 2.29. The maximum atomic E-state index is 12.8. The summed E-state index contributed by atoms with van der Waals surface area (Å²) < 4.78 is 0. The van der Waals surface area contributed by atoms with Crippen LogP contribution in [0.4, 0.5) is 0 Å². The SMILES string of the molecule is CCN(CC)C(=O)C1CCN(CC(=O)N2CCN(Cc3ccccc3C)CC2)CC1. The van der Waals surface area contributed by atoms with Crippen LogP contribution in [0.1, 0.15) is 37.8 Å². The fourth-order valence-electron chi connectivity index (χ4n) is 4.61. The summed E-state index contributed by atoms with van der Waals surface area (Å²) in [4.78, 5) is 34.0. The molecule has 30 heavy (non-hydrogen) atoms. The van der Waals surface area contributed by atoms with Crippen molar-refractivity contribution in [2.24, 2.45) is 5.92 Å². The lowest BCUT2D eigenvalue weighted by atomic mass is 9.95. The zero-order valence-corrected chi connectivity index (χ0v) is 19.0. The van der Waals surface area contributed by atoms with Gasteiger partial charge >= 0.3 is 0 Å². The summed E-state index contributed by atoms with van der Waals surface area (Å²) in [5.41, 5.74) is 2.71. The third-order valence-electron chi connectivity index (χ3n) is 6.75. The van der Waals surface area contributed by atoms with Gasteiger partial charge in [0.2, 0.25) is 11.8 Å². The van der Waals surface area contributed by atoms with Crippen LogP contribution in [0.3, 0.4) is 0 Å². The molecule has 2 aliphatic rings. The van der Waals surface area contributed by atoms with Gasteiger partial charge in [-0.3, -0.25) is 19.4 Å². The maximum absolute atomic E-state index is 12.8. The smallest absolute Gasteiger partial charge is 0.236 e. The predicted molar refractivity (Wildman–Crippen MR) is 120 cm³/mol. The molecule has 2 amide bonds. The molecule has 0 bridgehead atoms. The molecule has 0 N–H and O–H groups in total. The van der Waals surface area contributed by atoms with Crippen molar-refractivity contribution >= 4 is 11.8 Å². The minimum absolute atomic E-state index is 0.126. The van der Waals surface area contributed by atoms with Crippen LogP contribution in [-0.2, 0) is 16.1 Å². The van der Waals surface area contributed by atoms with E-state index in [9.17, 15) is 9.59 Å². The van der Waals surface area contributed by atoms with Crippen molar-refractivity contribution < 1.29 is 9.59 Å². The number of hydrogen-bond donors (Lipinski definition) is 0. The second-order valence-electron chi connectivity index (χ2n) is 8.64. The lowest BCUT2D eigenvalue weighted by molar-refractivity contribution is -0.137. The molecule has 0 radical (unpaired) electrons. The minimum Gasteiger partial charge on any atom is -0.343 e. The molecule has 1 aromatic rings. The Kier molecular flexibility index (Phi) is 8.28. The average molecular weight is 415 g/mol. The van der Waals surface area contributed by atoms with Gasteiger partial charge in [0.15, 0.2) is 0 Å². The van der Waals surface area contributed by atoms with Crippen LogP contribution >= 0.6 is 0 Å². The Morgan fingerprint density at radius 2 is 1.57 bits per heavy atom. The van der Waals surface area contributed by atoms with Crippen molar-refractivity contribution in [3.63, 3.8) is 0 Å². The van der Waals surface area contributed by atoms with Crippen LogP contribution in [0.5, 0.6) is 0 Å². The quantitative estimate of drug-likeness (QED) is 0.686. The number of carbonyl (C=O) groups excluding carboxylic acids is 2. The number of hydrogen-bond acceptors (Lipinski definition) is 4. The number of piperidine rings is 1. The third-order valence-corrected chi connectivity index (χ3v) is 6.75. The van der Waals surface area contributed by atoms with E-state index >= 15 is 0 Å². The van der Waals surface area contributed by atoms with Gasteiger partial charge in [-0.05, 0) is 57.8 Å². The normalized spacial score (nSPS) is 19.1. The highest BCUT2D eigenvalue weighted by Crippen LogP contribution is 2.20. The first-order chi connectivity index (χ1) is 14.5. The van der Waals surface area contributed by atoms with Gasteiger partial charge in [0.1, 0.15) is 0 Å². The molecule has 2 fully saturated rings. The van der Waals surface area contributed by atoms with E-state index in [4.69, 9.17) is 0 Å². The fourth-order valence-corrected chi connectivity index (χ4v) is 4.61. The van der Waals surface area contributed by atoms with Gasteiger partial charge < -0.3 is 9.80 Å². The summed E-state index contributed by atoms with van der Waals surface area (Å²) >= 11 is 0. The summed E-state index contributed by atoms with van der Waals surface area (Å²) in [6.45, 7) is 14.4. The average Bonchev–Trinajstić information content (AvgIpc) is 2.77. The Bertz CT molecular complexity index is 703. The van der Waals surface area contributed by atoms with Crippen LogP contribution < -0.4 is 0 Å². The van der Waals surface area contributed by atoms with E-state index in [0.29, 0.717) is 6.54 Å². The summed E-state index contributed by atoms with van der Waals surface area (Å²) in [6.07, 6.45) is 1.74. The Morgan fingerprint density at radius 3 is 2.17 bits per heavy atom. The lowest BCUT2D eigenvalue weighted by Gasteiger charge is -2.37. The number of benzene rings is 1. The molecule has 6 nitrogen and oxygen atoms in total. The third kappa shape index (κ3) is 5.82.